The molecule has 2 rings (SSSR count). The molecule has 0 saturated carbocycles. The maximum Gasteiger partial charge on any atom is 0.261 e. The number of pyridine rings is 1. The Balaban J connectivity index is 2.36. The molecule has 0 bridgehead atoms. The SMILES string of the molecule is CCCc1cc(C(=O)N2CCC[C@H]2C)c(=O)[nH]c1C. The second kappa shape index (κ2) is 5.59. The first-order chi connectivity index (χ1) is 9.04. The molecule has 0 unspecified atom stereocenters. The summed E-state index contributed by atoms with van der Waals surface area (Å²) in [5.74, 6) is -0.122. The lowest BCUT2D eigenvalue weighted by Gasteiger charge is -2.21. The number of aromatic nitrogens is 1. The van der Waals surface area contributed by atoms with Crippen molar-refractivity contribution in [3.8, 4) is 0 Å². The van der Waals surface area contributed by atoms with Crippen LogP contribution in [-0.2, 0) is 6.42 Å². The van der Waals surface area contributed by atoms with E-state index < -0.39 is 0 Å². The van der Waals surface area contributed by atoms with Crippen molar-refractivity contribution in [3.05, 3.63) is 33.2 Å². The van der Waals surface area contributed by atoms with E-state index in [1.807, 2.05) is 18.7 Å². The minimum atomic E-state index is -0.263. The third-order valence-electron chi connectivity index (χ3n) is 3.91. The first-order valence-corrected chi connectivity index (χ1v) is 7.08. The molecule has 0 radical (unpaired) electrons. The average molecular weight is 262 g/mol. The van der Waals surface area contributed by atoms with Crippen molar-refractivity contribution in [1.29, 1.82) is 0 Å². The average Bonchev–Trinajstić information content (AvgIpc) is 2.78. The summed E-state index contributed by atoms with van der Waals surface area (Å²) in [4.78, 5) is 29.1. The Bertz CT molecular complexity index is 533. The predicted molar refractivity (Wildman–Crippen MR) is 75.5 cm³/mol. The summed E-state index contributed by atoms with van der Waals surface area (Å²) in [5, 5.41) is 0. The fraction of sp³-hybridized carbons (Fsp3) is 0.600. The number of carbonyl (C=O) groups excluding carboxylic acids is 1. The van der Waals surface area contributed by atoms with Crippen molar-refractivity contribution in [2.45, 2.75) is 52.5 Å². The van der Waals surface area contributed by atoms with Gasteiger partial charge in [0, 0.05) is 18.3 Å². The van der Waals surface area contributed by atoms with Crippen LogP contribution in [0.25, 0.3) is 0 Å². The van der Waals surface area contributed by atoms with Gasteiger partial charge in [0.1, 0.15) is 5.56 Å². The van der Waals surface area contributed by atoms with Crippen molar-refractivity contribution >= 4 is 5.91 Å². The number of aromatic amines is 1. The van der Waals surface area contributed by atoms with Gasteiger partial charge in [0.05, 0.1) is 0 Å². The molecule has 1 aromatic rings. The van der Waals surface area contributed by atoms with Gasteiger partial charge in [-0.05, 0) is 44.7 Å². The lowest BCUT2D eigenvalue weighted by Crippen LogP contribution is -2.37. The van der Waals surface area contributed by atoms with Gasteiger partial charge in [0.2, 0.25) is 0 Å². The fourth-order valence-corrected chi connectivity index (χ4v) is 2.74. The van der Waals surface area contributed by atoms with Crippen molar-refractivity contribution in [3.63, 3.8) is 0 Å². The minimum Gasteiger partial charge on any atom is -0.336 e. The van der Waals surface area contributed by atoms with E-state index in [-0.39, 0.29) is 17.5 Å². The number of nitrogens with one attached hydrogen (secondary N) is 1. The molecule has 19 heavy (non-hydrogen) atoms. The third-order valence-corrected chi connectivity index (χ3v) is 3.91. The second-order valence-electron chi connectivity index (χ2n) is 5.40. The maximum absolute atomic E-state index is 12.5. The van der Waals surface area contributed by atoms with Crippen LogP contribution in [0.1, 0.15) is 54.7 Å². The summed E-state index contributed by atoms with van der Waals surface area (Å²) in [6.07, 6.45) is 3.94. The number of hydrogen-bond donors (Lipinski definition) is 1. The number of nitrogens with zero attached hydrogens (tertiary/aromatic N) is 1. The minimum absolute atomic E-state index is 0.122. The molecule has 0 aliphatic carbocycles. The normalized spacial score (nSPS) is 18.9. The van der Waals surface area contributed by atoms with Crippen LogP contribution in [0, 0.1) is 6.92 Å². The molecule has 0 aromatic carbocycles. The molecule has 4 heteroatoms. The first-order valence-electron chi connectivity index (χ1n) is 7.08. The van der Waals surface area contributed by atoms with Crippen LogP contribution in [0.5, 0.6) is 0 Å². The Labute approximate surface area is 113 Å². The van der Waals surface area contributed by atoms with Crippen molar-refractivity contribution in [2.75, 3.05) is 6.54 Å². The van der Waals surface area contributed by atoms with Crippen LogP contribution in [0.4, 0.5) is 0 Å². The zero-order valence-corrected chi connectivity index (χ0v) is 12.0. The molecule has 0 spiro atoms. The van der Waals surface area contributed by atoms with E-state index in [1.54, 1.807) is 6.07 Å². The highest BCUT2D eigenvalue weighted by atomic mass is 16.2. The molecule has 1 N–H and O–H groups in total. The van der Waals surface area contributed by atoms with Crippen molar-refractivity contribution < 1.29 is 4.79 Å². The van der Waals surface area contributed by atoms with Crippen LogP contribution in [0.3, 0.4) is 0 Å². The van der Waals surface area contributed by atoms with Gasteiger partial charge >= 0.3 is 0 Å². The van der Waals surface area contributed by atoms with E-state index >= 15 is 0 Å². The largest absolute Gasteiger partial charge is 0.336 e. The Morgan fingerprint density at radius 3 is 2.84 bits per heavy atom. The van der Waals surface area contributed by atoms with Crippen molar-refractivity contribution in [1.82, 2.24) is 9.88 Å². The number of amides is 1. The molecule has 1 fully saturated rings. The number of hydrogen-bond acceptors (Lipinski definition) is 2. The molecular formula is C15H22N2O2. The molecule has 4 nitrogen and oxygen atoms in total. The number of rotatable bonds is 3. The Morgan fingerprint density at radius 1 is 1.53 bits per heavy atom. The van der Waals surface area contributed by atoms with Gasteiger partial charge in [-0.25, -0.2) is 0 Å². The predicted octanol–water partition coefficient (Wildman–Crippen LogP) is 2.26. The van der Waals surface area contributed by atoms with Crippen molar-refractivity contribution in [2.24, 2.45) is 0 Å². The summed E-state index contributed by atoms with van der Waals surface area (Å²) in [7, 11) is 0. The lowest BCUT2D eigenvalue weighted by molar-refractivity contribution is 0.0745. The van der Waals surface area contributed by atoms with Crippen LogP contribution in [-0.4, -0.2) is 28.4 Å². The summed E-state index contributed by atoms with van der Waals surface area (Å²) < 4.78 is 0. The molecule has 1 aliphatic rings. The highest BCUT2D eigenvalue weighted by molar-refractivity contribution is 5.94. The van der Waals surface area contributed by atoms with Crippen LogP contribution in [0.15, 0.2) is 10.9 Å². The number of H-pyrrole nitrogens is 1. The van der Waals surface area contributed by atoms with Crippen LogP contribution in [0.2, 0.25) is 0 Å². The Morgan fingerprint density at radius 2 is 2.26 bits per heavy atom. The standard InChI is InChI=1S/C15H22N2O2/c1-4-6-12-9-13(14(18)16-11(12)3)15(19)17-8-5-7-10(17)2/h9-10H,4-8H2,1-3H3,(H,16,18)/t10-/m1/s1. The van der Waals surface area contributed by atoms with Gasteiger partial charge in [0.25, 0.3) is 11.5 Å². The summed E-state index contributed by atoms with van der Waals surface area (Å²) in [6, 6.07) is 2.02. The van der Waals surface area contributed by atoms with Crippen LogP contribution < -0.4 is 5.56 Å². The van der Waals surface area contributed by atoms with Gasteiger partial charge in [-0.2, -0.15) is 0 Å². The smallest absolute Gasteiger partial charge is 0.261 e. The van der Waals surface area contributed by atoms with Gasteiger partial charge < -0.3 is 9.88 Å². The zero-order valence-electron chi connectivity index (χ0n) is 12.0. The lowest BCUT2D eigenvalue weighted by atomic mass is 10.1. The molecule has 1 aliphatic heterocycles. The highest BCUT2D eigenvalue weighted by Gasteiger charge is 2.27. The topological polar surface area (TPSA) is 53.2 Å². The van der Waals surface area contributed by atoms with Gasteiger partial charge in [-0.1, -0.05) is 13.3 Å². The van der Waals surface area contributed by atoms with E-state index in [9.17, 15) is 9.59 Å². The second-order valence-corrected chi connectivity index (χ2v) is 5.40. The first kappa shape index (κ1) is 13.8. The zero-order chi connectivity index (χ0) is 14.0. The molecule has 1 saturated heterocycles. The number of likely N-dealkylation sites (tertiary alicyclic amines) is 1. The van der Waals surface area contributed by atoms with Crippen LogP contribution >= 0.6 is 0 Å². The summed E-state index contributed by atoms with van der Waals surface area (Å²) >= 11 is 0. The highest BCUT2D eigenvalue weighted by Crippen LogP contribution is 2.19. The van der Waals surface area contributed by atoms with E-state index in [0.29, 0.717) is 5.56 Å². The Hall–Kier alpha value is -1.58. The van der Waals surface area contributed by atoms with E-state index in [0.717, 1.165) is 43.5 Å². The molecule has 1 atom stereocenters. The van der Waals surface area contributed by atoms with E-state index in [1.165, 1.54) is 0 Å². The summed E-state index contributed by atoms with van der Waals surface area (Å²) in [6.45, 7) is 6.78. The molecular weight excluding hydrogens is 240 g/mol. The molecule has 104 valence electrons. The summed E-state index contributed by atoms with van der Waals surface area (Å²) in [5.41, 5.74) is 1.97. The monoisotopic (exact) mass is 262 g/mol. The molecule has 1 amide bonds. The Kier molecular flexibility index (Phi) is 4.08. The third kappa shape index (κ3) is 2.72. The van der Waals surface area contributed by atoms with Gasteiger partial charge in [0.15, 0.2) is 0 Å². The number of aryl methyl sites for hydroxylation is 2. The van der Waals surface area contributed by atoms with Gasteiger partial charge in [-0.15, -0.1) is 0 Å². The van der Waals surface area contributed by atoms with E-state index in [4.69, 9.17) is 0 Å². The maximum atomic E-state index is 12.5. The van der Waals surface area contributed by atoms with E-state index in [2.05, 4.69) is 11.9 Å². The number of carbonyl (C=O) groups is 1. The quantitative estimate of drug-likeness (QED) is 0.908. The molecule has 2 heterocycles. The van der Waals surface area contributed by atoms with Gasteiger partial charge in [-0.3, -0.25) is 9.59 Å². The fourth-order valence-electron chi connectivity index (χ4n) is 2.74. The molecule has 1 aromatic heterocycles.